The fourth-order valence-electron chi connectivity index (χ4n) is 1.03. The maximum absolute atomic E-state index is 12.9. The maximum Gasteiger partial charge on any atom is 0.257 e. The third-order valence-electron chi connectivity index (χ3n) is 1.68. The first-order valence-electron chi connectivity index (χ1n) is 3.65. The summed E-state index contributed by atoms with van der Waals surface area (Å²) in [7, 11) is 0. The monoisotopic (exact) mass is 245 g/mol. The number of nitrogens with two attached hydrogens (primary N) is 1. The zero-order valence-electron chi connectivity index (χ0n) is 7.25. The molecule has 7 heteroatoms. The molecule has 0 aliphatic heterocycles. The Morgan fingerprint density at radius 3 is 2.13 bits per heavy atom. The molecule has 0 spiro atoms. The van der Waals surface area contributed by atoms with Crippen molar-refractivity contribution in [2.75, 3.05) is 0 Å². The van der Waals surface area contributed by atoms with E-state index in [4.69, 9.17) is 10.8 Å². The Morgan fingerprint density at radius 1 is 1.20 bits per heavy atom. The molecule has 0 radical (unpaired) electrons. The molecule has 0 aliphatic rings. The van der Waals surface area contributed by atoms with Gasteiger partial charge in [-0.25, -0.2) is 17.6 Å². The SMILES string of the molecule is Cl.N[C@@H](c1c(O)cc(F)cc1F)C(F)F. The average molecular weight is 246 g/mol. The number of hydrogen-bond acceptors (Lipinski definition) is 2. The zero-order chi connectivity index (χ0) is 10.9. The van der Waals surface area contributed by atoms with Gasteiger partial charge in [0.1, 0.15) is 17.4 Å². The second-order valence-corrected chi connectivity index (χ2v) is 2.68. The normalized spacial score (nSPS) is 12.4. The van der Waals surface area contributed by atoms with Crippen LogP contribution in [0.3, 0.4) is 0 Å². The summed E-state index contributed by atoms with van der Waals surface area (Å²) < 4.78 is 49.5. The van der Waals surface area contributed by atoms with Gasteiger partial charge in [-0.3, -0.25) is 0 Å². The molecule has 0 heterocycles. The second-order valence-electron chi connectivity index (χ2n) is 2.68. The molecule has 0 fully saturated rings. The first kappa shape index (κ1) is 14.0. The minimum Gasteiger partial charge on any atom is -0.507 e. The Labute approximate surface area is 89.1 Å². The fourth-order valence-corrected chi connectivity index (χ4v) is 1.03. The quantitative estimate of drug-likeness (QED) is 0.786. The summed E-state index contributed by atoms with van der Waals surface area (Å²) in [5.74, 6) is -3.24. The highest BCUT2D eigenvalue weighted by atomic mass is 35.5. The van der Waals surface area contributed by atoms with E-state index in [0.29, 0.717) is 12.1 Å². The largest absolute Gasteiger partial charge is 0.507 e. The van der Waals surface area contributed by atoms with Gasteiger partial charge in [-0.15, -0.1) is 12.4 Å². The molecule has 0 saturated heterocycles. The van der Waals surface area contributed by atoms with Gasteiger partial charge < -0.3 is 10.8 Å². The Hall–Kier alpha value is -1.01. The van der Waals surface area contributed by atoms with Crippen molar-refractivity contribution in [1.82, 2.24) is 0 Å². The van der Waals surface area contributed by atoms with Crippen LogP contribution in [0.2, 0.25) is 0 Å². The first-order valence-corrected chi connectivity index (χ1v) is 3.65. The highest BCUT2D eigenvalue weighted by Crippen LogP contribution is 2.30. The van der Waals surface area contributed by atoms with Crippen molar-refractivity contribution >= 4 is 12.4 Å². The summed E-state index contributed by atoms with van der Waals surface area (Å²) in [4.78, 5) is 0. The smallest absolute Gasteiger partial charge is 0.257 e. The molecule has 1 atom stereocenters. The number of hydrogen-bond donors (Lipinski definition) is 2. The number of alkyl halides is 2. The van der Waals surface area contributed by atoms with Crippen LogP contribution in [0.4, 0.5) is 17.6 Å². The molecule has 0 saturated carbocycles. The van der Waals surface area contributed by atoms with Crippen molar-refractivity contribution in [3.8, 4) is 5.75 Å². The van der Waals surface area contributed by atoms with Crippen molar-refractivity contribution in [2.24, 2.45) is 5.73 Å². The standard InChI is InChI=1S/C8H7F4NO.ClH/c9-3-1-4(10)6(5(14)2-3)7(13)8(11)12;/h1-2,7-8,14H,13H2;1H/t7-;/m0./s1. The zero-order valence-corrected chi connectivity index (χ0v) is 8.07. The van der Waals surface area contributed by atoms with Gasteiger partial charge in [0, 0.05) is 12.1 Å². The van der Waals surface area contributed by atoms with E-state index in [1.807, 2.05) is 0 Å². The molecule has 0 aliphatic carbocycles. The van der Waals surface area contributed by atoms with E-state index in [1.165, 1.54) is 0 Å². The lowest BCUT2D eigenvalue weighted by Gasteiger charge is -2.13. The first-order chi connectivity index (χ1) is 6.43. The third kappa shape index (κ3) is 2.97. The predicted octanol–water partition coefficient (Wildman–Crippen LogP) is 2.36. The van der Waals surface area contributed by atoms with Crippen molar-refractivity contribution in [1.29, 1.82) is 0 Å². The van der Waals surface area contributed by atoms with E-state index in [1.54, 1.807) is 0 Å². The molecule has 1 rings (SSSR count). The summed E-state index contributed by atoms with van der Waals surface area (Å²) >= 11 is 0. The van der Waals surface area contributed by atoms with E-state index in [9.17, 15) is 17.6 Å². The van der Waals surface area contributed by atoms with E-state index in [0.717, 1.165) is 0 Å². The van der Waals surface area contributed by atoms with Gasteiger partial charge in [-0.2, -0.15) is 0 Å². The number of phenols is 1. The molecule has 2 nitrogen and oxygen atoms in total. The van der Waals surface area contributed by atoms with Gasteiger partial charge in [0.2, 0.25) is 0 Å². The average Bonchev–Trinajstić information content (AvgIpc) is 2.01. The molecule has 3 N–H and O–H groups in total. The van der Waals surface area contributed by atoms with Gasteiger partial charge in [0.05, 0.1) is 11.6 Å². The molecule has 1 aromatic carbocycles. The van der Waals surface area contributed by atoms with Gasteiger partial charge in [-0.1, -0.05) is 0 Å². The molecule has 0 bridgehead atoms. The Bertz CT molecular complexity index is 324. The lowest BCUT2D eigenvalue weighted by atomic mass is 10.1. The van der Waals surface area contributed by atoms with Crippen molar-refractivity contribution in [2.45, 2.75) is 12.5 Å². The number of benzene rings is 1. The van der Waals surface area contributed by atoms with E-state index < -0.39 is 35.4 Å². The topological polar surface area (TPSA) is 46.2 Å². The van der Waals surface area contributed by atoms with E-state index in [2.05, 4.69) is 0 Å². The molecule has 0 amide bonds. The summed E-state index contributed by atoms with van der Waals surface area (Å²) in [5, 5.41) is 9.00. The molecule has 1 aromatic rings. The second kappa shape index (κ2) is 5.18. The van der Waals surface area contributed by atoms with E-state index in [-0.39, 0.29) is 12.4 Å². The molecule has 86 valence electrons. The predicted molar refractivity (Wildman–Crippen MR) is 48.2 cm³/mol. The van der Waals surface area contributed by atoms with Crippen molar-refractivity contribution < 1.29 is 22.7 Å². The van der Waals surface area contributed by atoms with Gasteiger partial charge in [-0.05, 0) is 0 Å². The van der Waals surface area contributed by atoms with Crippen LogP contribution in [0.15, 0.2) is 12.1 Å². The lowest BCUT2D eigenvalue weighted by Crippen LogP contribution is -2.20. The Balaban J connectivity index is 0.00000196. The summed E-state index contributed by atoms with van der Waals surface area (Å²) in [6.45, 7) is 0. The van der Waals surface area contributed by atoms with Gasteiger partial charge in [0.25, 0.3) is 6.43 Å². The van der Waals surface area contributed by atoms with Gasteiger partial charge in [0.15, 0.2) is 0 Å². The van der Waals surface area contributed by atoms with Crippen molar-refractivity contribution in [3.63, 3.8) is 0 Å². The van der Waals surface area contributed by atoms with Crippen LogP contribution >= 0.6 is 12.4 Å². The summed E-state index contributed by atoms with van der Waals surface area (Å²) in [5.41, 5.74) is 4.14. The van der Waals surface area contributed by atoms with Crippen LogP contribution in [0, 0.1) is 11.6 Å². The molecule has 0 unspecified atom stereocenters. The van der Waals surface area contributed by atoms with Crippen LogP contribution in [-0.4, -0.2) is 11.5 Å². The highest BCUT2D eigenvalue weighted by Gasteiger charge is 2.25. The fraction of sp³-hybridized carbons (Fsp3) is 0.250. The summed E-state index contributed by atoms with van der Waals surface area (Å²) in [6, 6.07) is -1.05. The third-order valence-corrected chi connectivity index (χ3v) is 1.68. The maximum atomic E-state index is 12.9. The van der Waals surface area contributed by atoms with Crippen LogP contribution in [0.1, 0.15) is 11.6 Å². The highest BCUT2D eigenvalue weighted by molar-refractivity contribution is 5.85. The number of aromatic hydroxyl groups is 1. The van der Waals surface area contributed by atoms with Crippen LogP contribution in [0.5, 0.6) is 5.75 Å². The van der Waals surface area contributed by atoms with E-state index >= 15 is 0 Å². The molecular formula is C8H8ClF4NO. The molecular weight excluding hydrogens is 238 g/mol. The molecule has 15 heavy (non-hydrogen) atoms. The summed E-state index contributed by atoms with van der Waals surface area (Å²) in [6.07, 6.45) is -3.03. The number of rotatable bonds is 2. The lowest BCUT2D eigenvalue weighted by molar-refractivity contribution is 0.113. The number of halogens is 5. The van der Waals surface area contributed by atoms with Crippen LogP contribution < -0.4 is 5.73 Å². The van der Waals surface area contributed by atoms with Crippen LogP contribution in [-0.2, 0) is 0 Å². The minimum absolute atomic E-state index is 0. The Kier molecular flexibility index (Phi) is 4.83. The van der Waals surface area contributed by atoms with Crippen molar-refractivity contribution in [3.05, 3.63) is 29.3 Å². The molecule has 0 aromatic heterocycles. The minimum atomic E-state index is -3.03. The van der Waals surface area contributed by atoms with Gasteiger partial charge >= 0.3 is 0 Å². The Morgan fingerprint density at radius 2 is 1.73 bits per heavy atom. The van der Waals surface area contributed by atoms with Crippen LogP contribution in [0.25, 0.3) is 0 Å². The number of phenolic OH excluding ortho intramolecular Hbond substituents is 1.